The number of hydrogen-bond acceptors (Lipinski definition) is 4. The van der Waals surface area contributed by atoms with Gasteiger partial charge in [0.1, 0.15) is 6.11 Å². The molecule has 0 aliphatic heterocycles. The first kappa shape index (κ1) is 10.9. The highest BCUT2D eigenvalue weighted by atomic mass is 16.5. The highest BCUT2D eigenvalue weighted by Gasteiger charge is 2.10. The molecule has 0 spiro atoms. The van der Waals surface area contributed by atoms with Crippen molar-refractivity contribution in [3.05, 3.63) is 23.8 Å². The summed E-state index contributed by atoms with van der Waals surface area (Å²) in [5.41, 5.74) is 0.311. The van der Waals surface area contributed by atoms with Crippen LogP contribution in [0.3, 0.4) is 0 Å². The second kappa shape index (κ2) is 4.91. The second-order valence-electron chi connectivity index (χ2n) is 2.58. The van der Waals surface area contributed by atoms with E-state index in [0.717, 1.165) is 0 Å². The Bertz CT molecular complexity index is 404. The number of carbonyl (C=O) groups is 1. The quantitative estimate of drug-likeness (QED) is 0.554. The van der Waals surface area contributed by atoms with Crippen LogP contribution in [0.1, 0.15) is 10.4 Å². The predicted molar refractivity (Wildman–Crippen MR) is 53.8 cm³/mol. The molecule has 4 nitrogen and oxygen atoms in total. The van der Waals surface area contributed by atoms with Crippen molar-refractivity contribution in [2.45, 2.75) is 0 Å². The Morgan fingerprint density at radius 2 is 1.93 bits per heavy atom. The Kier molecular flexibility index (Phi) is 3.58. The smallest absolute Gasteiger partial charge is 0.352 e. The third-order valence-corrected chi connectivity index (χ3v) is 1.77. The van der Waals surface area contributed by atoms with Crippen LogP contribution in [0, 0.1) is 12.5 Å². The SMILES string of the molecule is C#COC(=O)c1ccc(OC)c(OC)c1. The summed E-state index contributed by atoms with van der Waals surface area (Å²) < 4.78 is 14.4. The summed E-state index contributed by atoms with van der Waals surface area (Å²) in [4.78, 5) is 11.3. The van der Waals surface area contributed by atoms with Gasteiger partial charge in [-0.15, -0.1) is 0 Å². The second-order valence-corrected chi connectivity index (χ2v) is 2.58. The maximum Gasteiger partial charge on any atom is 0.352 e. The monoisotopic (exact) mass is 206 g/mol. The normalized spacial score (nSPS) is 8.87. The lowest BCUT2D eigenvalue weighted by atomic mass is 10.2. The van der Waals surface area contributed by atoms with Crippen LogP contribution in [0.15, 0.2) is 18.2 Å². The zero-order valence-corrected chi connectivity index (χ0v) is 8.44. The number of hydrogen-bond donors (Lipinski definition) is 0. The largest absolute Gasteiger partial charge is 0.493 e. The van der Waals surface area contributed by atoms with Crippen LogP contribution in [0.5, 0.6) is 11.5 Å². The Morgan fingerprint density at radius 1 is 1.27 bits per heavy atom. The van der Waals surface area contributed by atoms with Crippen LogP contribution < -0.4 is 9.47 Å². The van der Waals surface area contributed by atoms with Gasteiger partial charge in [0, 0.05) is 0 Å². The molecule has 0 saturated carbocycles. The van der Waals surface area contributed by atoms with E-state index in [-0.39, 0.29) is 0 Å². The number of rotatable bonds is 3. The Hall–Kier alpha value is -2.15. The van der Waals surface area contributed by atoms with Crippen LogP contribution in [0.25, 0.3) is 0 Å². The van der Waals surface area contributed by atoms with Crippen molar-refractivity contribution < 1.29 is 19.0 Å². The molecule has 0 aliphatic carbocycles. The van der Waals surface area contributed by atoms with Crippen molar-refractivity contribution in [2.75, 3.05) is 14.2 Å². The van der Waals surface area contributed by atoms with Crippen molar-refractivity contribution in [1.29, 1.82) is 0 Å². The van der Waals surface area contributed by atoms with E-state index in [2.05, 4.69) is 4.74 Å². The van der Waals surface area contributed by atoms with Crippen molar-refractivity contribution in [3.63, 3.8) is 0 Å². The fourth-order valence-corrected chi connectivity index (χ4v) is 1.08. The first-order chi connectivity index (χ1) is 7.22. The summed E-state index contributed by atoms with van der Waals surface area (Å²) in [6, 6.07) is 4.64. The minimum absolute atomic E-state index is 0.311. The van der Waals surface area contributed by atoms with Crippen LogP contribution >= 0.6 is 0 Å². The van der Waals surface area contributed by atoms with E-state index < -0.39 is 5.97 Å². The van der Waals surface area contributed by atoms with Crippen molar-refractivity contribution >= 4 is 5.97 Å². The van der Waals surface area contributed by atoms with Gasteiger partial charge >= 0.3 is 5.97 Å². The van der Waals surface area contributed by atoms with Gasteiger partial charge in [-0.3, -0.25) is 0 Å². The zero-order valence-electron chi connectivity index (χ0n) is 8.44. The molecule has 0 N–H and O–H groups in total. The Labute approximate surface area is 87.8 Å². The molecule has 4 heteroatoms. The fourth-order valence-electron chi connectivity index (χ4n) is 1.08. The first-order valence-electron chi connectivity index (χ1n) is 4.11. The van der Waals surface area contributed by atoms with E-state index in [9.17, 15) is 4.79 Å². The van der Waals surface area contributed by atoms with Crippen LogP contribution in [0.4, 0.5) is 0 Å². The van der Waals surface area contributed by atoms with E-state index >= 15 is 0 Å². The van der Waals surface area contributed by atoms with Gasteiger partial charge in [0.25, 0.3) is 0 Å². The van der Waals surface area contributed by atoms with Gasteiger partial charge < -0.3 is 14.2 Å². The molecular formula is C11H10O4. The molecular weight excluding hydrogens is 196 g/mol. The summed E-state index contributed by atoms with van der Waals surface area (Å²) >= 11 is 0. The summed E-state index contributed by atoms with van der Waals surface area (Å²) in [5, 5.41) is 0. The van der Waals surface area contributed by atoms with Crippen LogP contribution in [-0.2, 0) is 4.74 Å². The molecule has 0 radical (unpaired) electrons. The van der Waals surface area contributed by atoms with Gasteiger partial charge in [-0.2, -0.15) is 0 Å². The van der Waals surface area contributed by atoms with Crippen molar-refractivity contribution in [1.82, 2.24) is 0 Å². The number of esters is 1. The van der Waals surface area contributed by atoms with E-state index in [0.29, 0.717) is 17.1 Å². The maximum atomic E-state index is 11.3. The zero-order chi connectivity index (χ0) is 11.3. The maximum absolute atomic E-state index is 11.3. The van der Waals surface area contributed by atoms with Gasteiger partial charge in [0.15, 0.2) is 11.5 Å². The van der Waals surface area contributed by atoms with Gasteiger partial charge in [0.05, 0.1) is 19.8 Å². The molecule has 0 bridgehead atoms. The molecule has 0 aromatic heterocycles. The molecule has 15 heavy (non-hydrogen) atoms. The third-order valence-electron chi connectivity index (χ3n) is 1.77. The van der Waals surface area contributed by atoms with Gasteiger partial charge in [-0.1, -0.05) is 6.42 Å². The van der Waals surface area contributed by atoms with Crippen molar-refractivity contribution in [3.8, 4) is 24.0 Å². The number of ether oxygens (including phenoxy) is 3. The van der Waals surface area contributed by atoms with E-state index in [1.807, 2.05) is 6.11 Å². The number of methoxy groups -OCH3 is 2. The summed E-state index contributed by atoms with van der Waals surface area (Å²) in [6.45, 7) is 0. The summed E-state index contributed by atoms with van der Waals surface area (Å²) in [5.74, 6) is 0.386. The summed E-state index contributed by atoms with van der Waals surface area (Å²) in [6.07, 6.45) is 6.65. The Morgan fingerprint density at radius 3 is 2.47 bits per heavy atom. The molecule has 0 fully saturated rings. The van der Waals surface area contributed by atoms with Gasteiger partial charge in [0.2, 0.25) is 0 Å². The van der Waals surface area contributed by atoms with E-state index in [4.69, 9.17) is 15.9 Å². The van der Waals surface area contributed by atoms with Gasteiger partial charge in [-0.25, -0.2) is 4.79 Å². The minimum atomic E-state index is -0.599. The highest BCUT2D eigenvalue weighted by Crippen LogP contribution is 2.27. The lowest BCUT2D eigenvalue weighted by Crippen LogP contribution is -2.01. The van der Waals surface area contributed by atoms with E-state index in [1.165, 1.54) is 20.3 Å². The van der Waals surface area contributed by atoms with Crippen LogP contribution in [-0.4, -0.2) is 20.2 Å². The molecule has 78 valence electrons. The molecule has 0 unspecified atom stereocenters. The molecule has 0 amide bonds. The highest BCUT2D eigenvalue weighted by molar-refractivity contribution is 5.90. The van der Waals surface area contributed by atoms with E-state index in [1.54, 1.807) is 12.1 Å². The number of carbonyl (C=O) groups excluding carboxylic acids is 1. The molecule has 1 rings (SSSR count). The standard InChI is InChI=1S/C11H10O4/c1-4-15-11(12)8-5-6-9(13-2)10(7-8)14-3/h1,5-7H,2-3H3. The molecule has 0 saturated heterocycles. The summed E-state index contributed by atoms with van der Waals surface area (Å²) in [7, 11) is 2.99. The lowest BCUT2D eigenvalue weighted by molar-refractivity contribution is 0.0690. The molecule has 0 atom stereocenters. The fraction of sp³-hybridized carbons (Fsp3) is 0.182. The average molecular weight is 206 g/mol. The number of benzene rings is 1. The first-order valence-corrected chi connectivity index (χ1v) is 4.11. The van der Waals surface area contributed by atoms with Gasteiger partial charge in [-0.05, 0) is 18.2 Å². The molecule has 0 aliphatic rings. The minimum Gasteiger partial charge on any atom is -0.493 e. The molecule has 1 aromatic carbocycles. The lowest BCUT2D eigenvalue weighted by Gasteiger charge is -2.07. The van der Waals surface area contributed by atoms with Crippen molar-refractivity contribution in [2.24, 2.45) is 0 Å². The molecule has 0 heterocycles. The van der Waals surface area contributed by atoms with Crippen LogP contribution in [0.2, 0.25) is 0 Å². The average Bonchev–Trinajstić information content (AvgIpc) is 2.28. The number of terminal acetylenes is 1. The predicted octanol–water partition coefficient (Wildman–Crippen LogP) is 1.45. The Balaban J connectivity index is 3.03. The topological polar surface area (TPSA) is 44.8 Å². The molecule has 1 aromatic rings. The third kappa shape index (κ3) is 2.41.